The molecule has 0 saturated heterocycles. The van der Waals surface area contributed by atoms with Gasteiger partial charge in [-0.15, -0.1) is 5.10 Å². The Hall–Kier alpha value is -1.72. The molecule has 1 aromatic carbocycles. The minimum Gasteiger partial charge on any atom is -0.391 e. The van der Waals surface area contributed by atoms with E-state index in [1.165, 1.54) is 24.0 Å². The van der Waals surface area contributed by atoms with E-state index < -0.39 is 0 Å². The number of aliphatic hydroxyl groups is 1. The van der Waals surface area contributed by atoms with Crippen molar-refractivity contribution in [3.63, 3.8) is 0 Å². The van der Waals surface area contributed by atoms with Crippen LogP contribution >= 0.6 is 0 Å². The number of rotatable bonds is 3. The van der Waals surface area contributed by atoms with Crippen molar-refractivity contribution in [3.8, 4) is 0 Å². The lowest BCUT2D eigenvalue weighted by Crippen LogP contribution is -2.23. The lowest BCUT2D eigenvalue weighted by Gasteiger charge is -2.19. The Balaban J connectivity index is 1.43. The molecule has 5 nitrogen and oxygen atoms in total. The zero-order chi connectivity index (χ0) is 15.6. The summed E-state index contributed by atoms with van der Waals surface area (Å²) in [5.41, 5.74) is 3.83. The normalized spacial score (nSPS) is 25.3. The molecular weight excluding hydrogens is 288 g/mol. The van der Waals surface area contributed by atoms with Crippen LogP contribution in [0, 0.1) is 0 Å². The summed E-state index contributed by atoms with van der Waals surface area (Å²) >= 11 is 0. The highest BCUT2D eigenvalue weighted by Crippen LogP contribution is 2.28. The standard InChI is InChI=1S/C18H24N4O/c23-18-9-3-1-2-8-17(18)22-13-16(19-20-22)12-21-10-14-6-4-5-7-15(14)11-21/h4-7,13,17-18,23H,1-3,8-12H2/t17-,18-/m1/s1. The first kappa shape index (κ1) is 14.8. The first-order chi connectivity index (χ1) is 11.3. The minimum absolute atomic E-state index is 0.0922. The summed E-state index contributed by atoms with van der Waals surface area (Å²) in [6, 6.07) is 8.70. The number of hydrogen-bond acceptors (Lipinski definition) is 4. The van der Waals surface area contributed by atoms with Gasteiger partial charge in [0.25, 0.3) is 0 Å². The molecule has 2 heterocycles. The predicted octanol–water partition coefficient (Wildman–Crippen LogP) is 2.66. The van der Waals surface area contributed by atoms with E-state index in [1.54, 1.807) is 0 Å². The quantitative estimate of drug-likeness (QED) is 0.885. The predicted molar refractivity (Wildman–Crippen MR) is 87.5 cm³/mol. The third-order valence-corrected chi connectivity index (χ3v) is 5.13. The van der Waals surface area contributed by atoms with E-state index in [-0.39, 0.29) is 12.1 Å². The second-order valence-corrected chi connectivity index (χ2v) is 6.88. The highest BCUT2D eigenvalue weighted by atomic mass is 16.3. The lowest BCUT2D eigenvalue weighted by atomic mass is 10.1. The fourth-order valence-electron chi connectivity index (χ4n) is 3.87. The van der Waals surface area contributed by atoms with Gasteiger partial charge in [0.1, 0.15) is 0 Å². The van der Waals surface area contributed by atoms with Gasteiger partial charge in [-0.05, 0) is 24.0 Å². The van der Waals surface area contributed by atoms with Crippen molar-refractivity contribution in [1.82, 2.24) is 19.9 Å². The molecule has 1 N–H and O–H groups in total. The van der Waals surface area contributed by atoms with Crippen LogP contribution in [-0.2, 0) is 19.6 Å². The number of fused-ring (bicyclic) bond motifs is 1. The number of aliphatic hydroxyl groups excluding tert-OH is 1. The first-order valence-corrected chi connectivity index (χ1v) is 8.67. The fraction of sp³-hybridized carbons (Fsp3) is 0.556. The van der Waals surface area contributed by atoms with Gasteiger partial charge < -0.3 is 5.11 Å². The van der Waals surface area contributed by atoms with Crippen LogP contribution in [0.1, 0.15) is 55.0 Å². The van der Waals surface area contributed by atoms with Gasteiger partial charge in [-0.25, -0.2) is 4.68 Å². The van der Waals surface area contributed by atoms with Gasteiger partial charge in [-0.3, -0.25) is 4.90 Å². The van der Waals surface area contributed by atoms with Crippen molar-refractivity contribution in [2.45, 2.75) is 63.9 Å². The molecule has 23 heavy (non-hydrogen) atoms. The summed E-state index contributed by atoms with van der Waals surface area (Å²) in [6.07, 6.45) is 7.11. The van der Waals surface area contributed by atoms with Gasteiger partial charge in [0, 0.05) is 19.6 Å². The second-order valence-electron chi connectivity index (χ2n) is 6.88. The second kappa shape index (κ2) is 6.42. The molecule has 5 heteroatoms. The van der Waals surface area contributed by atoms with Crippen molar-refractivity contribution in [2.75, 3.05) is 0 Å². The highest BCUT2D eigenvalue weighted by molar-refractivity contribution is 5.30. The van der Waals surface area contributed by atoms with Crippen molar-refractivity contribution in [1.29, 1.82) is 0 Å². The van der Waals surface area contributed by atoms with Crippen molar-refractivity contribution >= 4 is 0 Å². The van der Waals surface area contributed by atoms with Crippen LogP contribution in [0.2, 0.25) is 0 Å². The SMILES string of the molecule is O[C@@H]1CCCCC[C@H]1n1cc(CN2Cc3ccccc3C2)nn1. The van der Waals surface area contributed by atoms with E-state index in [0.717, 1.165) is 44.6 Å². The van der Waals surface area contributed by atoms with Crippen LogP contribution in [0.5, 0.6) is 0 Å². The molecule has 0 spiro atoms. The molecule has 2 aromatic rings. The molecular formula is C18H24N4O. The third kappa shape index (κ3) is 3.16. The van der Waals surface area contributed by atoms with Gasteiger partial charge >= 0.3 is 0 Å². The number of nitrogens with zero attached hydrogens (tertiary/aromatic N) is 4. The van der Waals surface area contributed by atoms with Crippen molar-refractivity contribution < 1.29 is 5.11 Å². The zero-order valence-corrected chi connectivity index (χ0v) is 13.4. The average molecular weight is 312 g/mol. The molecule has 0 amide bonds. The number of hydrogen-bond donors (Lipinski definition) is 1. The molecule has 0 bridgehead atoms. The molecule has 1 saturated carbocycles. The van der Waals surface area contributed by atoms with Crippen LogP contribution in [0.25, 0.3) is 0 Å². The van der Waals surface area contributed by atoms with Crippen LogP contribution in [0.15, 0.2) is 30.5 Å². The summed E-state index contributed by atoms with van der Waals surface area (Å²) < 4.78 is 1.90. The Morgan fingerprint density at radius 2 is 1.78 bits per heavy atom. The summed E-state index contributed by atoms with van der Waals surface area (Å²) in [7, 11) is 0. The fourth-order valence-corrected chi connectivity index (χ4v) is 3.87. The molecule has 1 aromatic heterocycles. The highest BCUT2D eigenvalue weighted by Gasteiger charge is 2.25. The van der Waals surface area contributed by atoms with Gasteiger partial charge in [-0.1, -0.05) is 48.7 Å². The number of benzene rings is 1. The van der Waals surface area contributed by atoms with Crippen LogP contribution in [0.4, 0.5) is 0 Å². The van der Waals surface area contributed by atoms with E-state index in [4.69, 9.17) is 0 Å². The van der Waals surface area contributed by atoms with Crippen LogP contribution in [0.3, 0.4) is 0 Å². The maximum Gasteiger partial charge on any atom is 0.0967 e. The van der Waals surface area contributed by atoms with Gasteiger partial charge in [0.15, 0.2) is 0 Å². The van der Waals surface area contributed by atoms with Gasteiger partial charge in [0.05, 0.1) is 24.0 Å². The Morgan fingerprint density at radius 1 is 1.04 bits per heavy atom. The van der Waals surface area contributed by atoms with Crippen LogP contribution < -0.4 is 0 Å². The molecule has 0 unspecified atom stereocenters. The Kier molecular flexibility index (Phi) is 4.14. The summed E-state index contributed by atoms with van der Waals surface area (Å²) in [6.45, 7) is 2.78. The number of aromatic nitrogens is 3. The van der Waals surface area contributed by atoms with E-state index in [1.807, 2.05) is 10.9 Å². The maximum atomic E-state index is 10.3. The van der Waals surface area contributed by atoms with E-state index in [0.29, 0.717) is 0 Å². The van der Waals surface area contributed by atoms with Crippen LogP contribution in [-0.4, -0.2) is 31.1 Å². The van der Waals surface area contributed by atoms with Gasteiger partial charge in [0.2, 0.25) is 0 Å². The molecule has 1 fully saturated rings. The summed E-state index contributed by atoms with van der Waals surface area (Å²) in [4.78, 5) is 2.39. The lowest BCUT2D eigenvalue weighted by molar-refractivity contribution is 0.0980. The summed E-state index contributed by atoms with van der Waals surface area (Å²) in [5.74, 6) is 0. The van der Waals surface area contributed by atoms with E-state index >= 15 is 0 Å². The zero-order valence-electron chi connectivity index (χ0n) is 13.4. The van der Waals surface area contributed by atoms with Crippen molar-refractivity contribution in [2.24, 2.45) is 0 Å². The molecule has 1 aliphatic carbocycles. The monoisotopic (exact) mass is 312 g/mol. The molecule has 1 aliphatic heterocycles. The molecule has 4 rings (SSSR count). The largest absolute Gasteiger partial charge is 0.391 e. The maximum absolute atomic E-state index is 10.3. The van der Waals surface area contributed by atoms with Gasteiger partial charge in [-0.2, -0.15) is 0 Å². The Morgan fingerprint density at radius 3 is 2.57 bits per heavy atom. The average Bonchev–Trinajstić information content (AvgIpc) is 3.11. The Labute approximate surface area is 136 Å². The minimum atomic E-state index is -0.289. The first-order valence-electron chi connectivity index (χ1n) is 8.67. The third-order valence-electron chi connectivity index (χ3n) is 5.13. The Bertz CT molecular complexity index is 644. The summed E-state index contributed by atoms with van der Waals surface area (Å²) in [5, 5.41) is 19.0. The smallest absolute Gasteiger partial charge is 0.0967 e. The van der Waals surface area contributed by atoms with E-state index in [9.17, 15) is 5.11 Å². The molecule has 2 aliphatic rings. The molecule has 0 radical (unpaired) electrons. The topological polar surface area (TPSA) is 54.2 Å². The molecule has 122 valence electrons. The molecule has 2 atom stereocenters. The van der Waals surface area contributed by atoms with Crippen molar-refractivity contribution in [3.05, 3.63) is 47.3 Å². The van der Waals surface area contributed by atoms with E-state index in [2.05, 4.69) is 39.5 Å².